The highest BCUT2D eigenvalue weighted by molar-refractivity contribution is 5.95. The Morgan fingerprint density at radius 2 is 2.04 bits per heavy atom. The maximum Gasteiger partial charge on any atom is 0.254 e. The SMILES string of the molecule is CNCCc1ccccc1C(=O)N1CCN2CCCCC2C1.Cl. The summed E-state index contributed by atoms with van der Waals surface area (Å²) in [6.07, 6.45) is 4.77. The van der Waals surface area contributed by atoms with Gasteiger partial charge in [-0.05, 0) is 51.0 Å². The standard InChI is InChI=1S/C18H27N3O.ClH/c1-19-10-9-15-6-2-3-8-17(15)18(22)21-13-12-20-11-5-4-7-16(20)14-21;/h2-3,6,8,16,19H,4-5,7,9-14H2,1H3;1H. The summed E-state index contributed by atoms with van der Waals surface area (Å²) >= 11 is 0. The Morgan fingerprint density at radius 1 is 1.22 bits per heavy atom. The van der Waals surface area contributed by atoms with Crippen LogP contribution in [0.15, 0.2) is 24.3 Å². The molecule has 1 aromatic rings. The number of benzene rings is 1. The maximum atomic E-state index is 12.9. The molecule has 128 valence electrons. The van der Waals surface area contributed by atoms with Gasteiger partial charge in [-0.15, -0.1) is 12.4 Å². The predicted octanol–water partition coefficient (Wildman–Crippen LogP) is 2.18. The highest BCUT2D eigenvalue weighted by Crippen LogP contribution is 2.23. The van der Waals surface area contributed by atoms with Crippen LogP contribution in [0, 0.1) is 0 Å². The summed E-state index contributed by atoms with van der Waals surface area (Å²) < 4.78 is 0. The summed E-state index contributed by atoms with van der Waals surface area (Å²) in [7, 11) is 1.95. The van der Waals surface area contributed by atoms with Crippen LogP contribution in [0.5, 0.6) is 0 Å². The lowest BCUT2D eigenvalue weighted by atomic mass is 9.98. The molecule has 2 saturated heterocycles. The van der Waals surface area contributed by atoms with Crippen molar-refractivity contribution in [2.24, 2.45) is 0 Å². The Kier molecular flexibility index (Phi) is 6.88. The molecule has 0 saturated carbocycles. The van der Waals surface area contributed by atoms with E-state index in [1.54, 1.807) is 0 Å². The van der Waals surface area contributed by atoms with E-state index in [4.69, 9.17) is 0 Å². The van der Waals surface area contributed by atoms with E-state index in [0.29, 0.717) is 6.04 Å². The maximum absolute atomic E-state index is 12.9. The lowest BCUT2D eigenvalue weighted by Crippen LogP contribution is -2.56. The number of halogens is 1. The molecule has 23 heavy (non-hydrogen) atoms. The summed E-state index contributed by atoms with van der Waals surface area (Å²) in [6.45, 7) is 4.93. The van der Waals surface area contributed by atoms with Gasteiger partial charge in [-0.25, -0.2) is 0 Å². The van der Waals surface area contributed by atoms with Gasteiger partial charge in [-0.1, -0.05) is 24.6 Å². The number of amides is 1. The molecule has 4 nitrogen and oxygen atoms in total. The number of nitrogens with zero attached hydrogens (tertiary/aromatic N) is 2. The number of piperidine rings is 1. The van der Waals surface area contributed by atoms with E-state index in [-0.39, 0.29) is 18.3 Å². The minimum absolute atomic E-state index is 0. The van der Waals surface area contributed by atoms with Gasteiger partial charge in [0.1, 0.15) is 0 Å². The minimum Gasteiger partial charge on any atom is -0.336 e. The molecule has 5 heteroatoms. The molecule has 1 aromatic carbocycles. The van der Waals surface area contributed by atoms with Crippen molar-refractivity contribution in [3.8, 4) is 0 Å². The molecule has 1 amide bonds. The Hall–Kier alpha value is -1.10. The molecule has 0 aliphatic carbocycles. The first-order valence-corrected chi connectivity index (χ1v) is 8.55. The molecule has 1 N–H and O–H groups in total. The van der Waals surface area contributed by atoms with Crippen LogP contribution in [0.25, 0.3) is 0 Å². The lowest BCUT2D eigenvalue weighted by molar-refractivity contribution is 0.0371. The second-order valence-corrected chi connectivity index (χ2v) is 6.45. The topological polar surface area (TPSA) is 35.6 Å². The normalized spacial score (nSPS) is 21.4. The molecular weight excluding hydrogens is 310 g/mol. The van der Waals surface area contributed by atoms with Crippen molar-refractivity contribution in [3.05, 3.63) is 35.4 Å². The van der Waals surface area contributed by atoms with Crippen LogP contribution in [0.4, 0.5) is 0 Å². The average Bonchev–Trinajstić information content (AvgIpc) is 2.59. The average molecular weight is 338 g/mol. The van der Waals surface area contributed by atoms with Crippen molar-refractivity contribution in [2.75, 3.05) is 39.8 Å². The van der Waals surface area contributed by atoms with Crippen LogP contribution >= 0.6 is 12.4 Å². The molecular formula is C18H28ClN3O. The Bertz CT molecular complexity index is 523. The zero-order valence-electron chi connectivity index (χ0n) is 14.0. The number of rotatable bonds is 4. The molecule has 0 spiro atoms. The van der Waals surface area contributed by atoms with Crippen LogP contribution in [-0.4, -0.2) is 61.5 Å². The van der Waals surface area contributed by atoms with Gasteiger partial charge >= 0.3 is 0 Å². The van der Waals surface area contributed by atoms with E-state index in [0.717, 1.165) is 43.7 Å². The first-order valence-electron chi connectivity index (χ1n) is 8.55. The molecule has 2 fully saturated rings. The van der Waals surface area contributed by atoms with E-state index in [1.807, 2.05) is 25.2 Å². The van der Waals surface area contributed by atoms with Crippen molar-refractivity contribution in [1.29, 1.82) is 0 Å². The number of hydrogen-bond donors (Lipinski definition) is 1. The molecule has 2 aliphatic heterocycles. The summed E-state index contributed by atoms with van der Waals surface area (Å²) in [5, 5.41) is 3.17. The van der Waals surface area contributed by atoms with Gasteiger partial charge in [0.25, 0.3) is 5.91 Å². The molecule has 2 aliphatic rings. The van der Waals surface area contributed by atoms with Gasteiger partial charge in [-0.3, -0.25) is 9.69 Å². The largest absolute Gasteiger partial charge is 0.336 e. The zero-order valence-corrected chi connectivity index (χ0v) is 14.8. The fourth-order valence-corrected chi connectivity index (χ4v) is 3.72. The van der Waals surface area contributed by atoms with Gasteiger partial charge < -0.3 is 10.2 Å². The van der Waals surface area contributed by atoms with Crippen molar-refractivity contribution in [3.63, 3.8) is 0 Å². The van der Waals surface area contributed by atoms with Crippen LogP contribution in [-0.2, 0) is 6.42 Å². The smallest absolute Gasteiger partial charge is 0.254 e. The Balaban J connectivity index is 0.00000192. The molecule has 2 heterocycles. The molecule has 0 aromatic heterocycles. The summed E-state index contributed by atoms with van der Waals surface area (Å²) in [4.78, 5) is 17.6. The van der Waals surface area contributed by atoms with Gasteiger partial charge in [0.15, 0.2) is 0 Å². The first-order chi connectivity index (χ1) is 10.8. The van der Waals surface area contributed by atoms with Crippen LogP contribution in [0.3, 0.4) is 0 Å². The molecule has 0 bridgehead atoms. The summed E-state index contributed by atoms with van der Waals surface area (Å²) in [6, 6.07) is 8.66. The second kappa shape index (κ2) is 8.67. The summed E-state index contributed by atoms with van der Waals surface area (Å²) in [5.41, 5.74) is 2.05. The fourth-order valence-electron chi connectivity index (χ4n) is 3.72. The Labute approximate surface area is 145 Å². The number of carbonyl (C=O) groups is 1. The quantitative estimate of drug-likeness (QED) is 0.914. The minimum atomic E-state index is 0. The van der Waals surface area contributed by atoms with E-state index >= 15 is 0 Å². The van der Waals surface area contributed by atoms with Gasteiger partial charge in [0, 0.05) is 31.2 Å². The number of hydrogen-bond acceptors (Lipinski definition) is 3. The highest BCUT2D eigenvalue weighted by atomic mass is 35.5. The van der Waals surface area contributed by atoms with Crippen LogP contribution in [0.2, 0.25) is 0 Å². The summed E-state index contributed by atoms with van der Waals surface area (Å²) in [5.74, 6) is 0.219. The van der Waals surface area contributed by atoms with E-state index in [9.17, 15) is 4.79 Å². The van der Waals surface area contributed by atoms with Gasteiger partial charge in [0.05, 0.1) is 0 Å². The zero-order chi connectivity index (χ0) is 15.4. The third-order valence-corrected chi connectivity index (χ3v) is 5.02. The van der Waals surface area contributed by atoms with Crippen molar-refractivity contribution in [2.45, 2.75) is 31.7 Å². The van der Waals surface area contributed by atoms with Crippen molar-refractivity contribution >= 4 is 18.3 Å². The third kappa shape index (κ3) is 4.25. The van der Waals surface area contributed by atoms with Crippen LogP contribution in [0.1, 0.15) is 35.2 Å². The molecule has 1 unspecified atom stereocenters. The number of likely N-dealkylation sites (N-methyl/N-ethyl adjacent to an activating group) is 1. The number of nitrogens with one attached hydrogen (secondary N) is 1. The highest BCUT2D eigenvalue weighted by Gasteiger charge is 2.31. The molecule has 0 radical (unpaired) electrons. The number of piperazine rings is 1. The molecule has 1 atom stereocenters. The van der Waals surface area contributed by atoms with Crippen molar-refractivity contribution < 1.29 is 4.79 Å². The number of carbonyl (C=O) groups excluding carboxylic acids is 1. The Morgan fingerprint density at radius 3 is 2.87 bits per heavy atom. The van der Waals surface area contributed by atoms with E-state index in [1.165, 1.54) is 25.8 Å². The monoisotopic (exact) mass is 337 g/mol. The van der Waals surface area contributed by atoms with Crippen LogP contribution < -0.4 is 5.32 Å². The first kappa shape index (κ1) is 18.2. The van der Waals surface area contributed by atoms with E-state index < -0.39 is 0 Å². The van der Waals surface area contributed by atoms with Crippen molar-refractivity contribution in [1.82, 2.24) is 15.1 Å². The molecule has 3 rings (SSSR count). The van der Waals surface area contributed by atoms with E-state index in [2.05, 4.69) is 21.2 Å². The lowest BCUT2D eigenvalue weighted by Gasteiger charge is -2.44. The second-order valence-electron chi connectivity index (χ2n) is 6.45. The fraction of sp³-hybridized carbons (Fsp3) is 0.611. The predicted molar refractivity (Wildman–Crippen MR) is 96.4 cm³/mol. The van der Waals surface area contributed by atoms with Gasteiger partial charge in [-0.2, -0.15) is 0 Å². The number of fused-ring (bicyclic) bond motifs is 1. The van der Waals surface area contributed by atoms with Gasteiger partial charge in [0.2, 0.25) is 0 Å². The third-order valence-electron chi connectivity index (χ3n) is 5.02.